The quantitative estimate of drug-likeness (QED) is 0.631. The molecular formula is C8H4F2N4O3. The van der Waals surface area contributed by atoms with E-state index in [2.05, 4.69) is 10.2 Å². The lowest BCUT2D eigenvalue weighted by Crippen LogP contribution is -1.96. The molecule has 0 amide bonds. The minimum Gasteiger partial charge on any atom is -0.403 e. The molecule has 0 unspecified atom stereocenters. The summed E-state index contributed by atoms with van der Waals surface area (Å²) in [4.78, 5) is 9.77. The van der Waals surface area contributed by atoms with Crippen molar-refractivity contribution in [2.75, 3.05) is 5.73 Å². The molecule has 17 heavy (non-hydrogen) atoms. The average Bonchev–Trinajstić information content (AvgIpc) is 2.68. The van der Waals surface area contributed by atoms with Gasteiger partial charge < -0.3 is 10.2 Å². The standard InChI is InChI=1S/C8H4F2N4O3/c9-4-1-3(7-12-13-8(11)17-7)6(14(15)16)2-5(4)10/h1-2H,(H2,11,13). The summed E-state index contributed by atoms with van der Waals surface area (Å²) in [5.41, 5.74) is 4.11. The summed E-state index contributed by atoms with van der Waals surface area (Å²) >= 11 is 0. The molecule has 1 aromatic carbocycles. The van der Waals surface area contributed by atoms with Gasteiger partial charge in [-0.05, 0) is 6.07 Å². The molecule has 0 aliphatic rings. The van der Waals surface area contributed by atoms with Crippen LogP contribution in [-0.2, 0) is 0 Å². The normalized spacial score (nSPS) is 10.5. The molecule has 2 rings (SSSR count). The summed E-state index contributed by atoms with van der Waals surface area (Å²) < 4.78 is 30.6. The molecule has 0 radical (unpaired) electrons. The maximum Gasteiger partial charge on any atom is 0.313 e. The lowest BCUT2D eigenvalue weighted by Gasteiger charge is -1.99. The average molecular weight is 242 g/mol. The number of nitro benzene ring substituents is 1. The number of rotatable bonds is 2. The van der Waals surface area contributed by atoms with Crippen LogP contribution in [0.4, 0.5) is 20.5 Å². The van der Waals surface area contributed by atoms with Gasteiger partial charge in [0.05, 0.1) is 11.0 Å². The van der Waals surface area contributed by atoms with Crippen molar-refractivity contribution in [1.29, 1.82) is 0 Å². The molecule has 0 spiro atoms. The van der Waals surface area contributed by atoms with E-state index in [9.17, 15) is 18.9 Å². The van der Waals surface area contributed by atoms with Crippen LogP contribution in [0.25, 0.3) is 11.5 Å². The monoisotopic (exact) mass is 242 g/mol. The molecule has 1 heterocycles. The van der Waals surface area contributed by atoms with Crippen molar-refractivity contribution < 1.29 is 18.1 Å². The number of halogens is 2. The van der Waals surface area contributed by atoms with E-state index in [0.29, 0.717) is 12.1 Å². The summed E-state index contributed by atoms with van der Waals surface area (Å²) in [6, 6.07) is 0.699. The number of hydrogen-bond donors (Lipinski definition) is 1. The highest BCUT2D eigenvalue weighted by molar-refractivity contribution is 5.66. The van der Waals surface area contributed by atoms with Crippen molar-refractivity contribution in [3.8, 4) is 11.5 Å². The van der Waals surface area contributed by atoms with Crippen LogP contribution >= 0.6 is 0 Å². The van der Waals surface area contributed by atoms with Gasteiger partial charge in [-0.3, -0.25) is 10.1 Å². The summed E-state index contributed by atoms with van der Waals surface area (Å²) in [6.07, 6.45) is 0. The van der Waals surface area contributed by atoms with Crippen molar-refractivity contribution in [2.24, 2.45) is 0 Å². The van der Waals surface area contributed by atoms with E-state index in [-0.39, 0.29) is 17.5 Å². The van der Waals surface area contributed by atoms with Crippen molar-refractivity contribution in [3.63, 3.8) is 0 Å². The smallest absolute Gasteiger partial charge is 0.313 e. The third-order valence-electron chi connectivity index (χ3n) is 1.91. The zero-order valence-corrected chi connectivity index (χ0v) is 8.05. The van der Waals surface area contributed by atoms with Crippen molar-refractivity contribution >= 4 is 11.7 Å². The maximum atomic E-state index is 13.0. The van der Waals surface area contributed by atoms with Crippen LogP contribution in [-0.4, -0.2) is 15.1 Å². The SMILES string of the molecule is Nc1nnc(-c2cc(F)c(F)cc2[N+](=O)[O-])o1. The highest BCUT2D eigenvalue weighted by Gasteiger charge is 2.23. The number of nitrogens with two attached hydrogens (primary N) is 1. The van der Waals surface area contributed by atoms with E-state index in [1.807, 2.05) is 0 Å². The van der Waals surface area contributed by atoms with Gasteiger partial charge in [0, 0.05) is 0 Å². The Labute approximate surface area is 92.0 Å². The number of hydrogen-bond acceptors (Lipinski definition) is 6. The van der Waals surface area contributed by atoms with E-state index in [1.54, 1.807) is 0 Å². The Hall–Kier alpha value is -2.58. The second kappa shape index (κ2) is 3.77. The minimum atomic E-state index is -1.34. The highest BCUT2D eigenvalue weighted by atomic mass is 19.2. The molecule has 0 fully saturated rings. The number of aromatic nitrogens is 2. The van der Waals surface area contributed by atoms with Crippen LogP contribution in [0, 0.1) is 21.7 Å². The second-order valence-electron chi connectivity index (χ2n) is 2.99. The molecule has 1 aromatic heterocycles. The van der Waals surface area contributed by atoms with Gasteiger partial charge in [0.25, 0.3) is 11.6 Å². The molecule has 0 bridgehead atoms. The lowest BCUT2D eigenvalue weighted by atomic mass is 10.1. The fourth-order valence-corrected chi connectivity index (χ4v) is 1.20. The van der Waals surface area contributed by atoms with E-state index in [0.717, 1.165) is 0 Å². The minimum absolute atomic E-state index is 0.334. The maximum absolute atomic E-state index is 13.0. The molecule has 0 aliphatic carbocycles. The van der Waals surface area contributed by atoms with E-state index in [1.165, 1.54) is 0 Å². The first-order valence-electron chi connectivity index (χ1n) is 4.22. The van der Waals surface area contributed by atoms with E-state index < -0.39 is 22.2 Å². The first-order valence-corrected chi connectivity index (χ1v) is 4.22. The third-order valence-corrected chi connectivity index (χ3v) is 1.91. The summed E-state index contributed by atoms with van der Waals surface area (Å²) in [5.74, 6) is -2.96. The fourth-order valence-electron chi connectivity index (χ4n) is 1.20. The van der Waals surface area contributed by atoms with Crippen LogP contribution < -0.4 is 5.73 Å². The summed E-state index contributed by atoms with van der Waals surface area (Å²) in [7, 11) is 0. The Morgan fingerprint density at radius 1 is 1.29 bits per heavy atom. The first kappa shape index (κ1) is 10.9. The van der Waals surface area contributed by atoms with Gasteiger partial charge in [0.1, 0.15) is 5.56 Å². The summed E-state index contributed by atoms with van der Waals surface area (Å²) in [5, 5.41) is 17.3. The van der Waals surface area contributed by atoms with Gasteiger partial charge in [-0.25, -0.2) is 8.78 Å². The van der Waals surface area contributed by atoms with Crippen molar-refractivity contribution in [3.05, 3.63) is 33.9 Å². The van der Waals surface area contributed by atoms with Gasteiger partial charge in [0.15, 0.2) is 11.6 Å². The molecule has 2 aromatic rings. The van der Waals surface area contributed by atoms with Crippen LogP contribution in [0.2, 0.25) is 0 Å². The van der Waals surface area contributed by atoms with E-state index >= 15 is 0 Å². The predicted molar refractivity (Wildman–Crippen MR) is 50.7 cm³/mol. The molecule has 0 saturated carbocycles. The lowest BCUT2D eigenvalue weighted by molar-refractivity contribution is -0.384. The number of nitro groups is 1. The molecule has 0 atom stereocenters. The van der Waals surface area contributed by atoms with Crippen LogP contribution in [0.5, 0.6) is 0 Å². The first-order chi connectivity index (χ1) is 7.99. The molecule has 9 heteroatoms. The molecule has 0 aliphatic heterocycles. The topological polar surface area (TPSA) is 108 Å². The van der Waals surface area contributed by atoms with Gasteiger partial charge in [-0.15, -0.1) is 5.10 Å². The Morgan fingerprint density at radius 2 is 1.94 bits per heavy atom. The second-order valence-corrected chi connectivity index (χ2v) is 2.99. The number of benzene rings is 1. The molecule has 7 nitrogen and oxygen atoms in total. The van der Waals surface area contributed by atoms with Gasteiger partial charge >= 0.3 is 6.01 Å². The van der Waals surface area contributed by atoms with Gasteiger partial charge in [-0.1, -0.05) is 5.10 Å². The zero-order chi connectivity index (χ0) is 12.6. The van der Waals surface area contributed by atoms with Crippen LogP contribution in [0.1, 0.15) is 0 Å². The number of anilines is 1. The fraction of sp³-hybridized carbons (Fsp3) is 0. The zero-order valence-electron chi connectivity index (χ0n) is 8.05. The largest absolute Gasteiger partial charge is 0.403 e. The molecular weight excluding hydrogens is 238 g/mol. The molecule has 0 saturated heterocycles. The van der Waals surface area contributed by atoms with Crippen LogP contribution in [0.15, 0.2) is 16.5 Å². The van der Waals surface area contributed by atoms with Crippen LogP contribution in [0.3, 0.4) is 0 Å². The Kier molecular flexibility index (Phi) is 2.42. The Balaban J connectivity index is 2.67. The Bertz CT molecular complexity index is 598. The molecule has 88 valence electrons. The third kappa shape index (κ3) is 1.89. The summed E-state index contributed by atoms with van der Waals surface area (Å²) in [6.45, 7) is 0. The highest BCUT2D eigenvalue weighted by Crippen LogP contribution is 2.31. The van der Waals surface area contributed by atoms with Gasteiger partial charge in [0.2, 0.25) is 0 Å². The van der Waals surface area contributed by atoms with Crippen molar-refractivity contribution in [1.82, 2.24) is 10.2 Å². The molecule has 2 N–H and O–H groups in total. The van der Waals surface area contributed by atoms with E-state index in [4.69, 9.17) is 10.2 Å². The number of nitrogens with zero attached hydrogens (tertiary/aromatic N) is 3. The predicted octanol–water partition coefficient (Wildman–Crippen LogP) is 1.51. The Morgan fingerprint density at radius 3 is 2.47 bits per heavy atom. The number of nitrogen functional groups attached to an aromatic ring is 1. The van der Waals surface area contributed by atoms with Gasteiger partial charge in [-0.2, -0.15) is 0 Å². The van der Waals surface area contributed by atoms with Crippen molar-refractivity contribution in [2.45, 2.75) is 0 Å².